The topological polar surface area (TPSA) is 92.7 Å². The van der Waals surface area contributed by atoms with E-state index in [0.717, 1.165) is 0 Å². The Kier molecular flexibility index (Phi) is 5.79. The number of rotatable bonds is 7. The summed E-state index contributed by atoms with van der Waals surface area (Å²) in [6, 6.07) is 3.77. The Hall–Kier alpha value is -1.31. The van der Waals surface area contributed by atoms with E-state index in [0.29, 0.717) is 0 Å². The number of ether oxygens (including phenoxy) is 1. The van der Waals surface area contributed by atoms with Crippen LogP contribution in [0.4, 0.5) is 5.69 Å². The number of benzene rings is 1. The quantitative estimate of drug-likeness (QED) is 0.803. The van der Waals surface area contributed by atoms with Crippen LogP contribution in [0.15, 0.2) is 18.2 Å². The van der Waals surface area contributed by atoms with E-state index in [-0.39, 0.29) is 34.7 Å². The molecule has 0 saturated carbocycles. The number of aromatic carboxylic acids is 1. The number of halogens is 1. The molecule has 0 unspecified atom stereocenters. The van der Waals surface area contributed by atoms with Crippen LogP contribution < -0.4 is 4.72 Å². The maximum atomic E-state index is 11.8. The average molecular weight is 322 g/mol. The number of sulfonamides is 1. The Morgan fingerprint density at radius 3 is 2.60 bits per heavy atom. The zero-order chi connectivity index (χ0) is 15.3. The summed E-state index contributed by atoms with van der Waals surface area (Å²) in [6.07, 6.45) is -0.0522. The van der Waals surface area contributed by atoms with Crippen LogP contribution in [0.1, 0.15) is 24.2 Å². The van der Waals surface area contributed by atoms with Gasteiger partial charge in [0.25, 0.3) is 0 Å². The highest BCUT2D eigenvalue weighted by Crippen LogP contribution is 2.24. The van der Waals surface area contributed by atoms with E-state index >= 15 is 0 Å². The van der Waals surface area contributed by atoms with Crippen molar-refractivity contribution in [2.24, 2.45) is 0 Å². The molecule has 0 radical (unpaired) electrons. The number of hydrogen-bond donors (Lipinski definition) is 2. The van der Waals surface area contributed by atoms with Gasteiger partial charge in [-0.3, -0.25) is 4.72 Å². The van der Waals surface area contributed by atoms with Crippen LogP contribution >= 0.6 is 11.6 Å². The van der Waals surface area contributed by atoms with Crippen LogP contribution in [0.25, 0.3) is 0 Å². The molecule has 0 atom stereocenters. The number of carboxylic acid groups (broad SMARTS) is 1. The van der Waals surface area contributed by atoms with Crippen LogP contribution in [0.3, 0.4) is 0 Å². The van der Waals surface area contributed by atoms with Crippen LogP contribution in [0.2, 0.25) is 5.02 Å². The van der Waals surface area contributed by atoms with Gasteiger partial charge >= 0.3 is 5.97 Å². The number of hydrogen-bond acceptors (Lipinski definition) is 4. The fraction of sp³-hybridized carbons (Fsp3) is 0.417. The van der Waals surface area contributed by atoms with E-state index in [9.17, 15) is 13.2 Å². The van der Waals surface area contributed by atoms with E-state index in [1.165, 1.54) is 18.2 Å². The summed E-state index contributed by atoms with van der Waals surface area (Å²) in [5.74, 6) is -1.34. The standard InChI is InChI=1S/C12H16ClNO5S/c1-8(2)19-5-6-20(17,18)14-11-4-3-9(12(15)16)7-10(11)13/h3-4,7-8,14H,5-6H2,1-2H3,(H,15,16). The summed E-state index contributed by atoms with van der Waals surface area (Å²) in [5.41, 5.74) is 0.127. The lowest BCUT2D eigenvalue weighted by molar-refractivity contribution is 0.0697. The Balaban J connectivity index is 2.75. The molecule has 0 bridgehead atoms. The number of carbonyl (C=O) groups is 1. The minimum Gasteiger partial charge on any atom is -0.478 e. The summed E-state index contributed by atoms with van der Waals surface area (Å²) >= 11 is 5.84. The molecule has 0 aliphatic heterocycles. The minimum atomic E-state index is -3.59. The van der Waals surface area contributed by atoms with Gasteiger partial charge in [0.2, 0.25) is 10.0 Å². The lowest BCUT2D eigenvalue weighted by Crippen LogP contribution is -2.21. The van der Waals surface area contributed by atoms with E-state index in [2.05, 4.69) is 4.72 Å². The van der Waals surface area contributed by atoms with Crippen molar-refractivity contribution in [3.05, 3.63) is 28.8 Å². The summed E-state index contributed by atoms with van der Waals surface area (Å²) < 4.78 is 31.0. The summed E-state index contributed by atoms with van der Waals surface area (Å²) in [7, 11) is -3.59. The normalized spacial score (nSPS) is 11.6. The lowest BCUT2D eigenvalue weighted by atomic mass is 10.2. The third-order valence-corrected chi connectivity index (χ3v) is 3.83. The van der Waals surface area contributed by atoms with Crippen LogP contribution in [-0.4, -0.2) is 38.0 Å². The van der Waals surface area contributed by atoms with Gasteiger partial charge in [-0.05, 0) is 32.0 Å². The van der Waals surface area contributed by atoms with Crippen molar-refractivity contribution in [2.45, 2.75) is 20.0 Å². The molecule has 112 valence electrons. The van der Waals surface area contributed by atoms with Gasteiger partial charge in [0.15, 0.2) is 0 Å². The van der Waals surface area contributed by atoms with Gasteiger partial charge in [-0.2, -0.15) is 0 Å². The maximum absolute atomic E-state index is 11.8. The first-order valence-electron chi connectivity index (χ1n) is 5.86. The van der Waals surface area contributed by atoms with Crippen LogP contribution in [0, 0.1) is 0 Å². The first kappa shape index (κ1) is 16.7. The predicted molar refractivity (Wildman–Crippen MR) is 76.9 cm³/mol. The van der Waals surface area contributed by atoms with Gasteiger partial charge in [-0.25, -0.2) is 13.2 Å². The van der Waals surface area contributed by atoms with Gasteiger partial charge < -0.3 is 9.84 Å². The summed E-state index contributed by atoms with van der Waals surface area (Å²) in [6.45, 7) is 3.68. The van der Waals surface area contributed by atoms with E-state index in [4.69, 9.17) is 21.4 Å². The second kappa shape index (κ2) is 6.92. The third-order valence-electron chi connectivity index (χ3n) is 2.28. The van der Waals surface area contributed by atoms with Crippen molar-refractivity contribution < 1.29 is 23.1 Å². The Morgan fingerprint density at radius 1 is 1.45 bits per heavy atom. The van der Waals surface area contributed by atoms with Crippen molar-refractivity contribution in [2.75, 3.05) is 17.1 Å². The Morgan fingerprint density at radius 2 is 2.10 bits per heavy atom. The smallest absolute Gasteiger partial charge is 0.335 e. The van der Waals surface area contributed by atoms with E-state index in [1.807, 2.05) is 13.8 Å². The summed E-state index contributed by atoms with van der Waals surface area (Å²) in [4.78, 5) is 10.7. The minimum absolute atomic E-state index is 0.0129. The monoisotopic (exact) mass is 321 g/mol. The van der Waals surface area contributed by atoms with Gasteiger partial charge in [0, 0.05) is 0 Å². The van der Waals surface area contributed by atoms with Crippen molar-refractivity contribution in [3.8, 4) is 0 Å². The second-order valence-corrected chi connectivity index (χ2v) is 6.59. The number of nitrogens with one attached hydrogen (secondary N) is 1. The molecule has 0 amide bonds. The van der Waals surface area contributed by atoms with Gasteiger partial charge in [-0.15, -0.1) is 0 Å². The molecule has 8 heteroatoms. The lowest BCUT2D eigenvalue weighted by Gasteiger charge is -2.11. The largest absolute Gasteiger partial charge is 0.478 e. The molecule has 1 rings (SSSR count). The molecule has 0 fully saturated rings. The summed E-state index contributed by atoms with van der Waals surface area (Å²) in [5, 5.41) is 8.81. The SMILES string of the molecule is CC(C)OCCS(=O)(=O)Nc1ccc(C(=O)O)cc1Cl. The number of carboxylic acids is 1. The molecule has 2 N–H and O–H groups in total. The second-order valence-electron chi connectivity index (χ2n) is 4.34. The Bertz CT molecular complexity index is 586. The molecule has 1 aromatic rings. The molecule has 0 spiro atoms. The molecular weight excluding hydrogens is 306 g/mol. The molecule has 0 saturated heterocycles. The molecular formula is C12H16ClNO5S. The van der Waals surface area contributed by atoms with Crippen molar-refractivity contribution in [1.82, 2.24) is 0 Å². The zero-order valence-corrected chi connectivity index (χ0v) is 12.7. The molecule has 0 aromatic heterocycles. The van der Waals surface area contributed by atoms with Crippen LogP contribution in [-0.2, 0) is 14.8 Å². The highest BCUT2D eigenvalue weighted by molar-refractivity contribution is 7.92. The first-order chi connectivity index (χ1) is 9.21. The van der Waals surface area contributed by atoms with Gasteiger partial charge in [0.1, 0.15) is 0 Å². The third kappa shape index (κ3) is 5.36. The van der Waals surface area contributed by atoms with Crippen molar-refractivity contribution >= 4 is 33.3 Å². The highest BCUT2D eigenvalue weighted by atomic mass is 35.5. The first-order valence-corrected chi connectivity index (χ1v) is 7.89. The average Bonchev–Trinajstić information content (AvgIpc) is 2.30. The molecule has 0 aliphatic carbocycles. The van der Waals surface area contributed by atoms with Gasteiger partial charge in [-0.1, -0.05) is 11.6 Å². The molecule has 1 aromatic carbocycles. The van der Waals surface area contributed by atoms with Gasteiger partial charge in [0.05, 0.1) is 34.7 Å². The molecule has 20 heavy (non-hydrogen) atoms. The zero-order valence-electron chi connectivity index (χ0n) is 11.1. The fourth-order valence-corrected chi connectivity index (χ4v) is 2.56. The molecule has 6 nitrogen and oxygen atoms in total. The van der Waals surface area contributed by atoms with E-state index < -0.39 is 16.0 Å². The number of anilines is 1. The Labute approximate surface area is 122 Å². The van der Waals surface area contributed by atoms with Crippen molar-refractivity contribution in [3.63, 3.8) is 0 Å². The highest BCUT2D eigenvalue weighted by Gasteiger charge is 2.14. The predicted octanol–water partition coefficient (Wildman–Crippen LogP) is 2.20. The van der Waals surface area contributed by atoms with Crippen molar-refractivity contribution in [1.29, 1.82) is 0 Å². The van der Waals surface area contributed by atoms with Crippen LogP contribution in [0.5, 0.6) is 0 Å². The van der Waals surface area contributed by atoms with E-state index in [1.54, 1.807) is 0 Å². The maximum Gasteiger partial charge on any atom is 0.335 e. The molecule has 0 heterocycles. The molecule has 0 aliphatic rings. The fourth-order valence-electron chi connectivity index (χ4n) is 1.34.